The van der Waals surface area contributed by atoms with E-state index in [2.05, 4.69) is 27.3 Å². The zero-order valence-corrected chi connectivity index (χ0v) is 12.7. The van der Waals surface area contributed by atoms with Gasteiger partial charge in [0.1, 0.15) is 0 Å². The van der Waals surface area contributed by atoms with Crippen molar-refractivity contribution >= 4 is 15.9 Å². The van der Waals surface area contributed by atoms with Crippen molar-refractivity contribution in [1.82, 2.24) is 5.32 Å². The first-order valence-electron chi connectivity index (χ1n) is 6.36. The Kier molecular flexibility index (Phi) is 4.51. The molecule has 3 nitrogen and oxygen atoms in total. The summed E-state index contributed by atoms with van der Waals surface area (Å²) in [6.45, 7) is 6.16. The zero-order chi connectivity index (χ0) is 13.1. The highest BCUT2D eigenvalue weighted by Gasteiger charge is 2.24. The molecule has 4 heteroatoms. The van der Waals surface area contributed by atoms with E-state index in [0.29, 0.717) is 5.92 Å². The fourth-order valence-electron chi connectivity index (χ4n) is 2.33. The second-order valence-corrected chi connectivity index (χ2v) is 5.80. The summed E-state index contributed by atoms with van der Waals surface area (Å²) in [6.07, 6.45) is 1.29. The second-order valence-electron chi connectivity index (χ2n) is 4.88. The van der Waals surface area contributed by atoms with E-state index in [9.17, 15) is 0 Å². The summed E-state index contributed by atoms with van der Waals surface area (Å²) in [5, 5.41) is 3.40. The molecule has 0 amide bonds. The first-order valence-corrected chi connectivity index (χ1v) is 7.16. The largest absolute Gasteiger partial charge is 0.493 e. The van der Waals surface area contributed by atoms with Crippen LogP contribution in [0.3, 0.4) is 0 Å². The van der Waals surface area contributed by atoms with E-state index in [1.807, 2.05) is 19.9 Å². The van der Waals surface area contributed by atoms with Gasteiger partial charge in [0.25, 0.3) is 0 Å². The SMILES string of the molecule is COc1cc(Br)cc(C2CCNC2)c1OC(C)C. The highest BCUT2D eigenvalue weighted by Crippen LogP contribution is 2.41. The van der Waals surface area contributed by atoms with Crippen LogP contribution in [0.4, 0.5) is 0 Å². The van der Waals surface area contributed by atoms with Crippen molar-refractivity contribution < 1.29 is 9.47 Å². The van der Waals surface area contributed by atoms with Crippen molar-refractivity contribution in [2.75, 3.05) is 20.2 Å². The molecular weight excluding hydrogens is 294 g/mol. The summed E-state index contributed by atoms with van der Waals surface area (Å²) in [6, 6.07) is 4.11. The van der Waals surface area contributed by atoms with Crippen LogP contribution in [0.2, 0.25) is 0 Å². The van der Waals surface area contributed by atoms with Crippen LogP contribution in [0.1, 0.15) is 31.7 Å². The second kappa shape index (κ2) is 5.93. The highest BCUT2D eigenvalue weighted by molar-refractivity contribution is 9.10. The van der Waals surface area contributed by atoms with Crippen molar-refractivity contribution in [3.05, 3.63) is 22.2 Å². The molecule has 1 atom stereocenters. The van der Waals surface area contributed by atoms with Gasteiger partial charge < -0.3 is 14.8 Å². The van der Waals surface area contributed by atoms with Crippen molar-refractivity contribution in [3.8, 4) is 11.5 Å². The van der Waals surface area contributed by atoms with Gasteiger partial charge in [0.05, 0.1) is 13.2 Å². The lowest BCUT2D eigenvalue weighted by molar-refractivity contribution is 0.226. The van der Waals surface area contributed by atoms with Crippen LogP contribution < -0.4 is 14.8 Å². The van der Waals surface area contributed by atoms with Gasteiger partial charge in [-0.15, -0.1) is 0 Å². The van der Waals surface area contributed by atoms with E-state index in [-0.39, 0.29) is 6.10 Å². The third-order valence-electron chi connectivity index (χ3n) is 3.12. The molecule has 1 aliphatic heterocycles. The molecule has 1 aliphatic rings. The van der Waals surface area contributed by atoms with Crippen LogP contribution in [0.15, 0.2) is 16.6 Å². The summed E-state index contributed by atoms with van der Waals surface area (Å²) >= 11 is 3.55. The van der Waals surface area contributed by atoms with E-state index in [4.69, 9.17) is 9.47 Å². The minimum Gasteiger partial charge on any atom is -0.493 e. The minimum atomic E-state index is 0.146. The molecule has 0 bridgehead atoms. The van der Waals surface area contributed by atoms with Crippen LogP contribution >= 0.6 is 15.9 Å². The lowest BCUT2D eigenvalue weighted by Crippen LogP contribution is -2.12. The molecule has 1 N–H and O–H groups in total. The molecule has 2 rings (SSSR count). The Labute approximate surface area is 117 Å². The van der Waals surface area contributed by atoms with Gasteiger partial charge in [0.2, 0.25) is 0 Å². The Morgan fingerprint density at radius 1 is 1.39 bits per heavy atom. The average Bonchev–Trinajstić information content (AvgIpc) is 2.83. The normalized spacial score (nSPS) is 19.3. The van der Waals surface area contributed by atoms with E-state index in [0.717, 1.165) is 35.5 Å². The van der Waals surface area contributed by atoms with Crippen LogP contribution in [-0.4, -0.2) is 26.3 Å². The Morgan fingerprint density at radius 3 is 2.72 bits per heavy atom. The number of ether oxygens (including phenoxy) is 2. The number of benzene rings is 1. The van der Waals surface area contributed by atoms with Crippen molar-refractivity contribution in [2.24, 2.45) is 0 Å². The van der Waals surface area contributed by atoms with E-state index < -0.39 is 0 Å². The van der Waals surface area contributed by atoms with E-state index in [1.165, 1.54) is 5.56 Å². The monoisotopic (exact) mass is 313 g/mol. The third-order valence-corrected chi connectivity index (χ3v) is 3.58. The maximum absolute atomic E-state index is 5.96. The Balaban J connectivity index is 2.43. The summed E-state index contributed by atoms with van der Waals surface area (Å²) in [5.41, 5.74) is 1.24. The van der Waals surface area contributed by atoms with Gasteiger partial charge in [0, 0.05) is 22.5 Å². The fraction of sp³-hybridized carbons (Fsp3) is 0.571. The van der Waals surface area contributed by atoms with Gasteiger partial charge in [-0.25, -0.2) is 0 Å². The molecule has 0 saturated carbocycles. The van der Waals surface area contributed by atoms with E-state index in [1.54, 1.807) is 7.11 Å². The van der Waals surface area contributed by atoms with Gasteiger partial charge in [-0.2, -0.15) is 0 Å². The summed E-state index contributed by atoms with van der Waals surface area (Å²) in [5.74, 6) is 2.20. The number of halogens is 1. The zero-order valence-electron chi connectivity index (χ0n) is 11.1. The molecule has 0 radical (unpaired) electrons. The smallest absolute Gasteiger partial charge is 0.165 e. The van der Waals surface area contributed by atoms with Crippen molar-refractivity contribution in [2.45, 2.75) is 32.3 Å². The Bertz CT molecular complexity index is 415. The predicted molar refractivity (Wildman–Crippen MR) is 76.7 cm³/mol. The maximum atomic E-state index is 5.96. The molecule has 1 saturated heterocycles. The molecule has 0 spiro atoms. The quantitative estimate of drug-likeness (QED) is 0.925. The van der Waals surface area contributed by atoms with Crippen LogP contribution in [0.25, 0.3) is 0 Å². The Morgan fingerprint density at radius 2 is 2.17 bits per heavy atom. The average molecular weight is 314 g/mol. The van der Waals surface area contributed by atoms with Crippen LogP contribution in [0, 0.1) is 0 Å². The number of hydrogen-bond acceptors (Lipinski definition) is 3. The molecule has 1 heterocycles. The molecule has 1 aromatic carbocycles. The van der Waals surface area contributed by atoms with Crippen molar-refractivity contribution in [3.63, 3.8) is 0 Å². The van der Waals surface area contributed by atoms with Gasteiger partial charge >= 0.3 is 0 Å². The van der Waals surface area contributed by atoms with Crippen LogP contribution in [0.5, 0.6) is 11.5 Å². The van der Waals surface area contributed by atoms with Crippen molar-refractivity contribution in [1.29, 1.82) is 0 Å². The number of hydrogen-bond donors (Lipinski definition) is 1. The number of methoxy groups -OCH3 is 1. The van der Waals surface area contributed by atoms with E-state index >= 15 is 0 Å². The maximum Gasteiger partial charge on any atom is 0.165 e. The minimum absolute atomic E-state index is 0.146. The number of nitrogens with one attached hydrogen (secondary N) is 1. The molecule has 0 aliphatic carbocycles. The lowest BCUT2D eigenvalue weighted by Gasteiger charge is -2.21. The summed E-state index contributed by atoms with van der Waals surface area (Å²) in [4.78, 5) is 0. The van der Waals surface area contributed by atoms with Gasteiger partial charge in [0.15, 0.2) is 11.5 Å². The molecule has 1 fully saturated rings. The standard InChI is InChI=1S/C14H20BrNO2/c1-9(2)18-14-12(10-4-5-16-8-10)6-11(15)7-13(14)17-3/h6-7,9-10,16H,4-5,8H2,1-3H3. The highest BCUT2D eigenvalue weighted by atomic mass is 79.9. The molecule has 18 heavy (non-hydrogen) atoms. The van der Waals surface area contributed by atoms with Crippen LogP contribution in [-0.2, 0) is 0 Å². The predicted octanol–water partition coefficient (Wildman–Crippen LogP) is 3.32. The molecule has 1 unspecified atom stereocenters. The number of rotatable bonds is 4. The third kappa shape index (κ3) is 2.98. The first-order chi connectivity index (χ1) is 8.61. The Hall–Kier alpha value is -0.740. The molecule has 100 valence electrons. The first kappa shape index (κ1) is 13.7. The van der Waals surface area contributed by atoms with Gasteiger partial charge in [-0.3, -0.25) is 0 Å². The summed E-state index contributed by atoms with van der Waals surface area (Å²) < 4.78 is 12.5. The molecule has 1 aromatic rings. The molecular formula is C14H20BrNO2. The fourth-order valence-corrected chi connectivity index (χ4v) is 2.78. The summed E-state index contributed by atoms with van der Waals surface area (Å²) in [7, 11) is 1.69. The van der Waals surface area contributed by atoms with Gasteiger partial charge in [-0.1, -0.05) is 15.9 Å². The topological polar surface area (TPSA) is 30.5 Å². The van der Waals surface area contributed by atoms with Gasteiger partial charge in [-0.05, 0) is 38.9 Å². The lowest BCUT2D eigenvalue weighted by atomic mass is 9.97. The molecule has 0 aromatic heterocycles.